The summed E-state index contributed by atoms with van der Waals surface area (Å²) in [5, 5.41) is 10.9. The number of amides is 1. The lowest BCUT2D eigenvalue weighted by atomic mass is 10.2. The van der Waals surface area contributed by atoms with Gasteiger partial charge in [0, 0.05) is 16.9 Å². The summed E-state index contributed by atoms with van der Waals surface area (Å²) in [4.78, 5) is 14.1. The van der Waals surface area contributed by atoms with Crippen molar-refractivity contribution in [3.63, 3.8) is 0 Å². The van der Waals surface area contributed by atoms with E-state index in [4.69, 9.17) is 4.42 Å². The van der Waals surface area contributed by atoms with E-state index in [9.17, 15) is 4.79 Å². The minimum atomic E-state index is -0.132. The molecule has 1 N–H and O–H groups in total. The van der Waals surface area contributed by atoms with Crippen LogP contribution in [0.25, 0.3) is 10.8 Å². The summed E-state index contributed by atoms with van der Waals surface area (Å²) in [5.74, 6) is 0.967. The van der Waals surface area contributed by atoms with Crippen LogP contribution in [0.3, 0.4) is 0 Å². The highest BCUT2D eigenvalue weighted by molar-refractivity contribution is 7.15. The Morgan fingerprint density at radius 1 is 1.27 bits per heavy atom. The Bertz CT molecular complexity index is 793. The van der Waals surface area contributed by atoms with Gasteiger partial charge in [-0.25, -0.2) is 0 Å². The van der Waals surface area contributed by atoms with Crippen molar-refractivity contribution in [2.75, 3.05) is 5.32 Å². The molecule has 0 aliphatic carbocycles. The Morgan fingerprint density at radius 3 is 2.73 bits per heavy atom. The van der Waals surface area contributed by atoms with Crippen molar-refractivity contribution in [3.05, 3.63) is 52.7 Å². The molecule has 0 bridgehead atoms. The number of nitrogens with zero attached hydrogens (tertiary/aromatic N) is 2. The number of hydrogen-bond donors (Lipinski definition) is 1. The third-order valence-electron chi connectivity index (χ3n) is 3.18. The van der Waals surface area contributed by atoms with E-state index >= 15 is 0 Å². The molecule has 2 heterocycles. The van der Waals surface area contributed by atoms with Gasteiger partial charge in [0.1, 0.15) is 0 Å². The van der Waals surface area contributed by atoms with Crippen LogP contribution in [0, 0.1) is 6.92 Å². The van der Waals surface area contributed by atoms with Gasteiger partial charge in [-0.05, 0) is 25.1 Å². The van der Waals surface area contributed by atoms with Crippen molar-refractivity contribution in [1.29, 1.82) is 0 Å². The zero-order chi connectivity index (χ0) is 15.5. The number of carbonyl (C=O) groups excluding carboxylic acids is 1. The summed E-state index contributed by atoms with van der Waals surface area (Å²) in [6.45, 7) is 3.91. The quantitative estimate of drug-likeness (QED) is 0.792. The second-order valence-electron chi connectivity index (χ2n) is 4.76. The van der Waals surface area contributed by atoms with Gasteiger partial charge in [-0.1, -0.05) is 25.1 Å². The molecular formula is C16H15N3O2S. The zero-order valence-corrected chi connectivity index (χ0v) is 13.1. The van der Waals surface area contributed by atoms with Crippen LogP contribution in [-0.2, 0) is 6.42 Å². The number of hydrogen-bond acceptors (Lipinski definition) is 5. The lowest BCUT2D eigenvalue weighted by molar-refractivity contribution is 0.102. The lowest BCUT2D eigenvalue weighted by Crippen LogP contribution is -2.11. The first-order valence-corrected chi connectivity index (χ1v) is 7.78. The van der Waals surface area contributed by atoms with Crippen LogP contribution < -0.4 is 5.32 Å². The summed E-state index contributed by atoms with van der Waals surface area (Å²) in [5.41, 5.74) is 1.39. The fraction of sp³-hybridized carbons (Fsp3) is 0.188. The van der Waals surface area contributed by atoms with E-state index in [0.717, 1.165) is 15.4 Å². The van der Waals surface area contributed by atoms with Crippen LogP contribution in [0.5, 0.6) is 0 Å². The van der Waals surface area contributed by atoms with E-state index < -0.39 is 0 Å². The number of nitrogens with one attached hydrogen (secondary N) is 1. The van der Waals surface area contributed by atoms with Crippen LogP contribution in [-0.4, -0.2) is 16.1 Å². The van der Waals surface area contributed by atoms with Crippen molar-refractivity contribution in [2.45, 2.75) is 20.3 Å². The van der Waals surface area contributed by atoms with Crippen molar-refractivity contribution in [3.8, 4) is 10.8 Å². The Labute approximate surface area is 132 Å². The van der Waals surface area contributed by atoms with Gasteiger partial charge in [-0.3, -0.25) is 4.79 Å². The third kappa shape index (κ3) is 2.92. The molecule has 0 spiro atoms. The number of carbonyl (C=O) groups is 1. The first-order chi connectivity index (χ1) is 10.7. The smallest absolute Gasteiger partial charge is 0.257 e. The summed E-state index contributed by atoms with van der Waals surface area (Å²) >= 11 is 1.52. The Balaban J connectivity index is 1.82. The largest absolute Gasteiger partial charge is 0.420 e. The highest BCUT2D eigenvalue weighted by Crippen LogP contribution is 2.33. The number of anilines is 1. The van der Waals surface area contributed by atoms with Gasteiger partial charge in [-0.2, -0.15) is 0 Å². The van der Waals surface area contributed by atoms with Crippen LogP contribution in [0.2, 0.25) is 0 Å². The van der Waals surface area contributed by atoms with E-state index in [1.54, 1.807) is 12.1 Å². The molecule has 3 aromatic rings. The monoisotopic (exact) mass is 313 g/mol. The summed E-state index contributed by atoms with van der Waals surface area (Å²) in [7, 11) is 0. The van der Waals surface area contributed by atoms with Crippen LogP contribution in [0.15, 0.2) is 40.8 Å². The normalized spacial score (nSPS) is 10.6. The second kappa shape index (κ2) is 6.11. The molecule has 2 aromatic heterocycles. The van der Waals surface area contributed by atoms with Crippen molar-refractivity contribution in [1.82, 2.24) is 10.2 Å². The fourth-order valence-electron chi connectivity index (χ4n) is 1.99. The molecule has 1 amide bonds. The summed E-state index contributed by atoms with van der Waals surface area (Å²) < 4.78 is 5.55. The number of aromatic nitrogens is 2. The third-order valence-corrected chi connectivity index (χ3v) is 4.22. The molecule has 1 aromatic carbocycles. The van der Waals surface area contributed by atoms with E-state index in [2.05, 4.69) is 15.5 Å². The van der Waals surface area contributed by atoms with Gasteiger partial charge in [0.05, 0.1) is 10.6 Å². The molecule has 3 rings (SSSR count). The van der Waals surface area contributed by atoms with Gasteiger partial charge < -0.3 is 9.73 Å². The maximum atomic E-state index is 12.2. The van der Waals surface area contributed by atoms with Crippen LogP contribution in [0.1, 0.15) is 28.0 Å². The molecule has 0 saturated heterocycles. The molecular weight excluding hydrogens is 298 g/mol. The predicted molar refractivity (Wildman–Crippen MR) is 86.1 cm³/mol. The fourth-order valence-corrected chi connectivity index (χ4v) is 2.89. The highest BCUT2D eigenvalue weighted by Gasteiger charge is 2.15. The molecule has 0 radical (unpaired) electrons. The Morgan fingerprint density at radius 2 is 2.05 bits per heavy atom. The van der Waals surface area contributed by atoms with Gasteiger partial charge >= 0.3 is 0 Å². The first kappa shape index (κ1) is 14.5. The maximum absolute atomic E-state index is 12.2. The number of benzene rings is 1. The molecule has 0 fully saturated rings. The van der Waals surface area contributed by atoms with Crippen molar-refractivity contribution < 1.29 is 9.21 Å². The van der Waals surface area contributed by atoms with Crippen LogP contribution >= 0.6 is 11.3 Å². The average molecular weight is 313 g/mol. The van der Waals surface area contributed by atoms with Crippen molar-refractivity contribution in [2.24, 2.45) is 0 Å². The standard InChI is InChI=1S/C16H15N3O2S/c1-3-14-18-19-16(21-14)13-9-12(10(2)22-13)17-15(20)11-7-5-4-6-8-11/h4-9H,3H2,1-2H3,(H,17,20). The summed E-state index contributed by atoms with van der Waals surface area (Å²) in [6, 6.07) is 11.0. The molecule has 0 aliphatic heterocycles. The van der Waals surface area contributed by atoms with E-state index in [1.807, 2.05) is 38.1 Å². The topological polar surface area (TPSA) is 68.0 Å². The number of aryl methyl sites for hydroxylation is 2. The molecule has 22 heavy (non-hydrogen) atoms. The van der Waals surface area contributed by atoms with Gasteiger partial charge in [0.25, 0.3) is 11.8 Å². The SMILES string of the molecule is CCc1nnc(-c2cc(NC(=O)c3ccccc3)c(C)s2)o1. The number of thiophene rings is 1. The van der Waals surface area contributed by atoms with Crippen LogP contribution in [0.4, 0.5) is 5.69 Å². The molecule has 0 saturated carbocycles. The Hall–Kier alpha value is -2.47. The average Bonchev–Trinajstić information content (AvgIpc) is 3.15. The van der Waals surface area contributed by atoms with Gasteiger partial charge in [0.15, 0.2) is 0 Å². The number of rotatable bonds is 4. The first-order valence-electron chi connectivity index (χ1n) is 6.97. The van der Waals surface area contributed by atoms with E-state index in [1.165, 1.54) is 11.3 Å². The predicted octanol–water partition coefficient (Wildman–Crippen LogP) is 3.92. The lowest BCUT2D eigenvalue weighted by Gasteiger charge is -2.03. The minimum Gasteiger partial charge on any atom is -0.420 e. The molecule has 0 aliphatic rings. The minimum absolute atomic E-state index is 0.132. The Kier molecular flexibility index (Phi) is 4.02. The van der Waals surface area contributed by atoms with E-state index in [-0.39, 0.29) is 5.91 Å². The molecule has 0 unspecified atom stereocenters. The second-order valence-corrected chi connectivity index (χ2v) is 6.01. The summed E-state index contributed by atoms with van der Waals surface area (Å²) in [6.07, 6.45) is 0.703. The molecule has 0 atom stereocenters. The van der Waals surface area contributed by atoms with E-state index in [0.29, 0.717) is 23.8 Å². The molecule has 5 nitrogen and oxygen atoms in total. The molecule has 6 heteroatoms. The van der Waals surface area contributed by atoms with Gasteiger partial charge in [0.2, 0.25) is 5.89 Å². The zero-order valence-electron chi connectivity index (χ0n) is 12.3. The van der Waals surface area contributed by atoms with Crippen molar-refractivity contribution >= 4 is 22.9 Å². The van der Waals surface area contributed by atoms with Gasteiger partial charge in [-0.15, -0.1) is 21.5 Å². The molecule has 112 valence electrons. The highest BCUT2D eigenvalue weighted by atomic mass is 32.1. The maximum Gasteiger partial charge on any atom is 0.257 e.